The van der Waals surface area contributed by atoms with E-state index in [0.717, 1.165) is 32.4 Å². The van der Waals surface area contributed by atoms with E-state index in [9.17, 15) is 26.4 Å². The molecular weight excluding hydrogens is 409 g/mol. The second kappa shape index (κ2) is 8.86. The molecule has 2 fully saturated rings. The average molecular weight is 434 g/mol. The molecule has 0 aromatic carbocycles. The molecule has 0 bridgehead atoms. The summed E-state index contributed by atoms with van der Waals surface area (Å²) in [6.07, 6.45) is 5.27. The zero-order valence-corrected chi connectivity index (χ0v) is 16.8. The van der Waals surface area contributed by atoms with Crippen molar-refractivity contribution in [3.05, 3.63) is 23.9 Å². The Morgan fingerprint density at radius 3 is 2.41 bits per heavy atom. The van der Waals surface area contributed by atoms with Crippen molar-refractivity contribution in [2.24, 2.45) is 5.92 Å². The molecular formula is C18H25F3N4O3S. The van der Waals surface area contributed by atoms with E-state index in [2.05, 4.69) is 10.3 Å². The van der Waals surface area contributed by atoms with Crippen LogP contribution in [0, 0.1) is 5.92 Å². The molecule has 0 aliphatic carbocycles. The summed E-state index contributed by atoms with van der Waals surface area (Å²) in [4.78, 5) is 18.8. The summed E-state index contributed by atoms with van der Waals surface area (Å²) < 4.78 is 61.5. The van der Waals surface area contributed by atoms with Gasteiger partial charge in [-0.1, -0.05) is 0 Å². The van der Waals surface area contributed by atoms with E-state index < -0.39 is 15.5 Å². The van der Waals surface area contributed by atoms with Gasteiger partial charge >= 0.3 is 15.5 Å². The van der Waals surface area contributed by atoms with Crippen molar-refractivity contribution in [3.63, 3.8) is 0 Å². The highest BCUT2D eigenvalue weighted by Gasteiger charge is 2.50. The quantitative estimate of drug-likeness (QED) is 0.771. The zero-order valence-electron chi connectivity index (χ0n) is 16.0. The average Bonchev–Trinajstić information content (AvgIpc) is 2.72. The number of piperidine rings is 2. The van der Waals surface area contributed by atoms with E-state index in [4.69, 9.17) is 0 Å². The third-order valence-corrected chi connectivity index (χ3v) is 7.08. The molecule has 2 aliphatic heterocycles. The van der Waals surface area contributed by atoms with Crippen LogP contribution >= 0.6 is 0 Å². The van der Waals surface area contributed by atoms with Gasteiger partial charge in [-0.05, 0) is 50.2 Å². The molecule has 2 saturated heterocycles. The molecule has 7 nitrogen and oxygen atoms in total. The lowest BCUT2D eigenvalue weighted by atomic mass is 9.98. The van der Waals surface area contributed by atoms with Crippen LogP contribution in [0.4, 0.5) is 19.0 Å². The first kappa shape index (κ1) is 21.8. The van der Waals surface area contributed by atoms with Crippen molar-refractivity contribution in [1.29, 1.82) is 0 Å². The molecule has 0 saturated carbocycles. The lowest BCUT2D eigenvalue weighted by molar-refractivity contribution is -0.0496. The topological polar surface area (TPSA) is 82.6 Å². The molecule has 11 heteroatoms. The normalized spacial score (nSPS) is 19.9. The van der Waals surface area contributed by atoms with Crippen molar-refractivity contribution in [1.82, 2.24) is 14.2 Å². The fraction of sp³-hybridized carbons (Fsp3) is 0.667. The Labute approximate surface area is 168 Å². The van der Waals surface area contributed by atoms with Gasteiger partial charge in [0.2, 0.25) is 0 Å². The van der Waals surface area contributed by atoms with Crippen molar-refractivity contribution >= 4 is 21.7 Å². The number of nitrogens with one attached hydrogen (secondary N) is 1. The third-order valence-electron chi connectivity index (χ3n) is 5.45. The number of carbonyl (C=O) groups is 1. The van der Waals surface area contributed by atoms with E-state index in [-0.39, 0.29) is 24.9 Å². The van der Waals surface area contributed by atoms with E-state index in [1.165, 1.54) is 0 Å². The predicted molar refractivity (Wildman–Crippen MR) is 102 cm³/mol. The Balaban J connectivity index is 1.57. The summed E-state index contributed by atoms with van der Waals surface area (Å²) >= 11 is 0. The number of hydrogen-bond acceptors (Lipinski definition) is 5. The molecule has 0 atom stereocenters. The molecule has 2 aliphatic rings. The first-order valence-corrected chi connectivity index (χ1v) is 11.2. The van der Waals surface area contributed by atoms with Crippen molar-refractivity contribution in [2.45, 2.75) is 37.6 Å². The van der Waals surface area contributed by atoms with Crippen LogP contribution in [0.3, 0.4) is 0 Å². The molecule has 1 amide bonds. The van der Waals surface area contributed by atoms with Crippen LogP contribution in [0.5, 0.6) is 0 Å². The van der Waals surface area contributed by atoms with Crippen LogP contribution in [-0.2, 0) is 10.0 Å². The molecule has 1 aromatic rings. The smallest absolute Gasteiger partial charge is 0.369 e. The lowest BCUT2D eigenvalue weighted by Crippen LogP contribution is -2.45. The number of likely N-dealkylation sites (tertiary alicyclic amines) is 1. The molecule has 162 valence electrons. The van der Waals surface area contributed by atoms with E-state index in [1.54, 1.807) is 18.3 Å². The second-order valence-electron chi connectivity index (χ2n) is 7.43. The number of pyridine rings is 1. The van der Waals surface area contributed by atoms with Gasteiger partial charge in [0.25, 0.3) is 5.91 Å². The predicted octanol–water partition coefficient (Wildman–Crippen LogP) is 2.68. The van der Waals surface area contributed by atoms with Crippen molar-refractivity contribution < 1.29 is 26.4 Å². The van der Waals surface area contributed by atoms with Gasteiger partial charge in [0.05, 0.1) is 5.56 Å². The number of alkyl halides is 3. The van der Waals surface area contributed by atoms with Crippen molar-refractivity contribution in [3.8, 4) is 0 Å². The number of carbonyl (C=O) groups excluding carboxylic acids is 1. The highest BCUT2D eigenvalue weighted by atomic mass is 32.2. The Bertz CT molecular complexity index is 818. The zero-order chi connectivity index (χ0) is 21.1. The molecule has 0 radical (unpaired) electrons. The highest BCUT2D eigenvalue weighted by Crippen LogP contribution is 2.30. The summed E-state index contributed by atoms with van der Waals surface area (Å²) in [5.74, 6) is 0.370. The first-order valence-electron chi connectivity index (χ1n) is 9.75. The minimum atomic E-state index is -5.27. The first-order chi connectivity index (χ1) is 13.7. The maximum Gasteiger partial charge on any atom is 0.511 e. The highest BCUT2D eigenvalue weighted by molar-refractivity contribution is 7.90. The van der Waals surface area contributed by atoms with Crippen LogP contribution in [-0.4, -0.2) is 66.7 Å². The maximum atomic E-state index is 12.8. The van der Waals surface area contributed by atoms with Crippen LogP contribution in [0.15, 0.2) is 18.3 Å². The summed E-state index contributed by atoms with van der Waals surface area (Å²) in [7, 11) is -5.27. The third kappa shape index (κ3) is 5.00. The molecule has 29 heavy (non-hydrogen) atoms. The number of aromatic nitrogens is 1. The Morgan fingerprint density at radius 1 is 1.14 bits per heavy atom. The van der Waals surface area contributed by atoms with Gasteiger partial charge in [-0.15, -0.1) is 0 Å². The summed E-state index contributed by atoms with van der Waals surface area (Å²) in [6, 6.07) is 3.41. The van der Waals surface area contributed by atoms with Crippen LogP contribution in [0.2, 0.25) is 0 Å². The SMILES string of the molecule is O=C(c1cccnc1NCC1CCN(S(=O)(=O)C(F)(F)F)CC1)N1CCCCC1. The summed E-state index contributed by atoms with van der Waals surface area (Å²) in [5.41, 5.74) is -4.79. The molecule has 1 N–H and O–H groups in total. The monoisotopic (exact) mass is 434 g/mol. The van der Waals surface area contributed by atoms with Gasteiger partial charge in [0.1, 0.15) is 5.82 Å². The number of nitrogens with zero attached hydrogens (tertiary/aromatic N) is 3. The number of halogens is 3. The second-order valence-corrected chi connectivity index (χ2v) is 9.36. The van der Waals surface area contributed by atoms with Gasteiger partial charge < -0.3 is 10.2 Å². The number of anilines is 1. The molecule has 0 spiro atoms. The van der Waals surface area contributed by atoms with Gasteiger partial charge in [-0.25, -0.2) is 13.4 Å². The van der Waals surface area contributed by atoms with Gasteiger partial charge in [0, 0.05) is 38.9 Å². The van der Waals surface area contributed by atoms with Gasteiger partial charge in [-0.3, -0.25) is 4.79 Å². The Hall–Kier alpha value is -1.88. The van der Waals surface area contributed by atoms with Crippen molar-refractivity contribution in [2.75, 3.05) is 38.0 Å². The van der Waals surface area contributed by atoms with E-state index in [0.29, 0.717) is 35.1 Å². The number of sulfonamides is 1. The summed E-state index contributed by atoms with van der Waals surface area (Å²) in [6.45, 7) is 1.52. The molecule has 0 unspecified atom stereocenters. The molecule has 3 heterocycles. The minimum Gasteiger partial charge on any atom is -0.369 e. The van der Waals surface area contributed by atoms with Gasteiger partial charge in [-0.2, -0.15) is 17.5 Å². The Morgan fingerprint density at radius 2 is 1.79 bits per heavy atom. The minimum absolute atomic E-state index is 0.00497. The lowest BCUT2D eigenvalue weighted by Gasteiger charge is -2.32. The fourth-order valence-electron chi connectivity index (χ4n) is 3.73. The maximum absolute atomic E-state index is 12.8. The summed E-state index contributed by atoms with van der Waals surface area (Å²) in [5, 5.41) is 3.14. The number of amides is 1. The largest absolute Gasteiger partial charge is 0.511 e. The Kier molecular flexibility index (Phi) is 6.67. The van der Waals surface area contributed by atoms with Crippen LogP contribution < -0.4 is 5.32 Å². The fourth-order valence-corrected chi connectivity index (χ4v) is 4.71. The standard InChI is InChI=1S/C18H25F3N4O3S/c19-18(20,21)29(27,28)25-11-6-14(7-12-25)13-23-16-15(5-4-8-22-16)17(26)24-9-2-1-3-10-24/h4-5,8,14H,1-3,6-7,9-13H2,(H,22,23). The molecule has 3 rings (SSSR count). The molecule has 1 aromatic heterocycles. The van der Waals surface area contributed by atoms with E-state index >= 15 is 0 Å². The van der Waals surface area contributed by atoms with E-state index in [1.807, 2.05) is 4.90 Å². The van der Waals surface area contributed by atoms with Crippen LogP contribution in [0.1, 0.15) is 42.5 Å². The van der Waals surface area contributed by atoms with Gasteiger partial charge in [0.15, 0.2) is 0 Å². The van der Waals surface area contributed by atoms with Crippen LogP contribution in [0.25, 0.3) is 0 Å². The number of rotatable bonds is 5. The number of hydrogen-bond donors (Lipinski definition) is 1.